The molecule has 0 bridgehead atoms. The smallest absolute Gasteiger partial charge is 0.465 e. The standard InChI is InChI=1S/C15H11BrO.C8H7BO3.C6H3BrINO2.CH3I/c1-10-8-11(16)6-7-12(10)14-9-17-15-5-3-2-4-13(14)15;10-9(11)7-5-12-8-4-2-1-3-6(7)8;7-4-1-2-5(8)6(3-4)9(10)11;1-2/h2-9H,1H3;1-5,10-11H;1-3H;1H3. The molecule has 0 saturated carbocycles. The number of nitrogens with zero attached hydrogens (tertiary/aromatic N) is 1. The van der Waals surface area contributed by atoms with Gasteiger partial charge < -0.3 is 18.9 Å². The average Bonchev–Trinajstić information content (AvgIpc) is 3.61. The third-order valence-corrected chi connectivity index (χ3v) is 7.75. The van der Waals surface area contributed by atoms with Gasteiger partial charge in [-0.25, -0.2) is 0 Å². The zero-order valence-corrected chi connectivity index (χ0v) is 29.8. The van der Waals surface area contributed by atoms with Gasteiger partial charge >= 0.3 is 7.12 Å². The zero-order chi connectivity index (χ0) is 30.8. The van der Waals surface area contributed by atoms with Crippen molar-refractivity contribution in [2.45, 2.75) is 6.92 Å². The van der Waals surface area contributed by atoms with Gasteiger partial charge in [-0.3, -0.25) is 10.1 Å². The molecule has 2 aromatic heterocycles. The van der Waals surface area contributed by atoms with E-state index < -0.39 is 12.0 Å². The summed E-state index contributed by atoms with van der Waals surface area (Å²) in [5.74, 6) is 0. The van der Waals surface area contributed by atoms with E-state index in [-0.39, 0.29) is 5.69 Å². The molecule has 0 aliphatic rings. The molecule has 6 rings (SSSR count). The van der Waals surface area contributed by atoms with Crippen molar-refractivity contribution in [3.8, 4) is 11.1 Å². The van der Waals surface area contributed by atoms with E-state index in [4.69, 9.17) is 18.9 Å². The summed E-state index contributed by atoms with van der Waals surface area (Å²) < 4.78 is 13.1. The van der Waals surface area contributed by atoms with E-state index in [1.54, 1.807) is 24.3 Å². The molecule has 0 unspecified atom stereocenters. The Kier molecular flexibility index (Phi) is 13.5. The lowest BCUT2D eigenvalue weighted by atomic mass is 9.80. The van der Waals surface area contributed by atoms with E-state index in [0.717, 1.165) is 30.9 Å². The number of alkyl halides is 1. The Labute approximate surface area is 287 Å². The first-order valence-corrected chi connectivity index (χ1v) is 17.0. The second-order valence-electron chi connectivity index (χ2n) is 8.52. The van der Waals surface area contributed by atoms with E-state index in [1.807, 2.05) is 64.1 Å². The van der Waals surface area contributed by atoms with Gasteiger partial charge in [0.2, 0.25) is 0 Å². The average molecular weight is 919 g/mol. The van der Waals surface area contributed by atoms with Crippen LogP contribution in [0.2, 0.25) is 0 Å². The van der Waals surface area contributed by atoms with E-state index in [0.29, 0.717) is 14.6 Å². The molecule has 4 aromatic carbocycles. The van der Waals surface area contributed by atoms with Crippen molar-refractivity contribution in [3.63, 3.8) is 0 Å². The summed E-state index contributed by atoms with van der Waals surface area (Å²) in [5.41, 5.74) is 5.77. The SMILES string of the molecule is CI.Cc1cc(Br)ccc1-c1coc2ccccc12.O=[N+]([O-])c1cc(Br)ccc1I.OB(O)c1coc2ccccc12. The highest BCUT2D eigenvalue weighted by atomic mass is 127. The van der Waals surface area contributed by atoms with Gasteiger partial charge in [0.25, 0.3) is 5.69 Å². The van der Waals surface area contributed by atoms with Crippen molar-refractivity contribution >= 4 is 117 Å². The Morgan fingerprint density at radius 1 is 0.786 bits per heavy atom. The number of aryl methyl sites for hydroxylation is 1. The van der Waals surface area contributed by atoms with Crippen LogP contribution in [-0.2, 0) is 0 Å². The Hall–Kier alpha value is -2.24. The molecule has 0 radical (unpaired) electrons. The lowest BCUT2D eigenvalue weighted by Gasteiger charge is -2.04. The normalized spacial score (nSPS) is 10.1. The predicted octanol–water partition coefficient (Wildman–Crippen LogP) is 9.30. The van der Waals surface area contributed by atoms with Crippen LogP contribution in [0.4, 0.5) is 5.69 Å². The summed E-state index contributed by atoms with van der Waals surface area (Å²) in [7, 11) is -1.46. The van der Waals surface area contributed by atoms with Crippen molar-refractivity contribution < 1.29 is 23.8 Å². The first-order chi connectivity index (χ1) is 20.2. The summed E-state index contributed by atoms with van der Waals surface area (Å²) >= 11 is 10.7. The fraction of sp³-hybridized carbons (Fsp3) is 0.0667. The van der Waals surface area contributed by atoms with Gasteiger partial charge in [-0.1, -0.05) is 96.9 Å². The van der Waals surface area contributed by atoms with Gasteiger partial charge in [0.1, 0.15) is 11.2 Å². The van der Waals surface area contributed by atoms with Gasteiger partial charge in [-0.05, 0) is 82.0 Å². The first kappa shape index (κ1) is 34.3. The third kappa shape index (κ3) is 8.89. The van der Waals surface area contributed by atoms with E-state index in [1.165, 1.54) is 23.5 Å². The van der Waals surface area contributed by atoms with Crippen LogP contribution >= 0.6 is 77.0 Å². The van der Waals surface area contributed by atoms with Crippen LogP contribution in [0.15, 0.2) is 115 Å². The van der Waals surface area contributed by atoms with E-state index >= 15 is 0 Å². The van der Waals surface area contributed by atoms with Crippen LogP contribution in [0.3, 0.4) is 0 Å². The lowest BCUT2D eigenvalue weighted by molar-refractivity contribution is -0.385. The summed E-state index contributed by atoms with van der Waals surface area (Å²) in [6.45, 7) is 2.11. The van der Waals surface area contributed by atoms with Crippen LogP contribution in [0, 0.1) is 20.6 Å². The fourth-order valence-corrected chi connectivity index (χ4v) is 5.30. The number of fused-ring (bicyclic) bond motifs is 2. The second kappa shape index (κ2) is 16.6. The Morgan fingerprint density at radius 3 is 1.93 bits per heavy atom. The Morgan fingerprint density at radius 2 is 1.33 bits per heavy atom. The zero-order valence-electron chi connectivity index (χ0n) is 22.3. The summed E-state index contributed by atoms with van der Waals surface area (Å²) in [6, 6.07) is 26.6. The number of nitro benzene ring substituents is 1. The Balaban J connectivity index is 0.000000173. The largest absolute Gasteiger partial charge is 0.492 e. The maximum atomic E-state index is 10.4. The number of furan rings is 2. The summed E-state index contributed by atoms with van der Waals surface area (Å²) in [4.78, 5) is 11.9. The second-order valence-corrected chi connectivity index (χ2v) is 11.5. The Bertz CT molecular complexity index is 1790. The highest BCUT2D eigenvalue weighted by Gasteiger charge is 2.17. The lowest BCUT2D eigenvalue weighted by Crippen LogP contribution is -2.28. The maximum absolute atomic E-state index is 10.4. The molecule has 0 fully saturated rings. The van der Waals surface area contributed by atoms with Gasteiger partial charge in [-0.2, -0.15) is 0 Å². The van der Waals surface area contributed by atoms with Gasteiger partial charge in [0.15, 0.2) is 0 Å². The molecule has 6 aromatic rings. The molecular formula is C30H24BBr2I2NO6. The van der Waals surface area contributed by atoms with Crippen LogP contribution in [0.5, 0.6) is 0 Å². The number of benzene rings is 4. The number of rotatable bonds is 3. The minimum atomic E-state index is -1.46. The molecule has 0 amide bonds. The quantitative estimate of drug-likeness (QED) is 0.0603. The van der Waals surface area contributed by atoms with Gasteiger partial charge in [0, 0.05) is 36.8 Å². The van der Waals surface area contributed by atoms with Crippen molar-refractivity contribution in [2.24, 2.45) is 0 Å². The molecule has 0 atom stereocenters. The molecule has 2 N–H and O–H groups in total. The van der Waals surface area contributed by atoms with Crippen LogP contribution < -0.4 is 5.46 Å². The minimum absolute atomic E-state index is 0.139. The number of hydrogen-bond acceptors (Lipinski definition) is 6. The first-order valence-electron chi connectivity index (χ1n) is 12.2. The van der Waals surface area contributed by atoms with Crippen LogP contribution in [0.1, 0.15) is 5.56 Å². The van der Waals surface area contributed by atoms with Crippen molar-refractivity contribution in [1.29, 1.82) is 0 Å². The van der Waals surface area contributed by atoms with Crippen LogP contribution in [0.25, 0.3) is 33.1 Å². The molecule has 0 aliphatic heterocycles. The molecule has 0 spiro atoms. The number of halogens is 4. The molecular weight excluding hydrogens is 895 g/mol. The van der Waals surface area contributed by atoms with Crippen LogP contribution in [-0.4, -0.2) is 27.0 Å². The monoisotopic (exact) mass is 917 g/mol. The highest BCUT2D eigenvalue weighted by Crippen LogP contribution is 2.33. The van der Waals surface area contributed by atoms with Crippen molar-refractivity contribution in [2.75, 3.05) is 4.93 Å². The summed E-state index contributed by atoms with van der Waals surface area (Å²) in [6.07, 6.45) is 3.19. The fourth-order valence-electron chi connectivity index (χ4n) is 3.94. The summed E-state index contributed by atoms with van der Waals surface area (Å²) in [5, 5.41) is 30.1. The molecule has 216 valence electrons. The molecule has 2 heterocycles. The van der Waals surface area contributed by atoms with Crippen molar-refractivity contribution in [1.82, 2.24) is 0 Å². The van der Waals surface area contributed by atoms with Gasteiger partial charge in [0.05, 0.1) is 21.0 Å². The van der Waals surface area contributed by atoms with E-state index in [2.05, 4.69) is 85.6 Å². The van der Waals surface area contributed by atoms with Crippen molar-refractivity contribution in [3.05, 3.63) is 126 Å². The number of hydrogen-bond donors (Lipinski definition) is 2. The number of para-hydroxylation sites is 2. The van der Waals surface area contributed by atoms with E-state index in [9.17, 15) is 10.1 Å². The molecule has 12 heteroatoms. The molecule has 0 aliphatic carbocycles. The molecule has 7 nitrogen and oxygen atoms in total. The third-order valence-electron chi connectivity index (χ3n) is 5.85. The maximum Gasteiger partial charge on any atom is 0.492 e. The highest BCUT2D eigenvalue weighted by molar-refractivity contribution is 14.1. The van der Waals surface area contributed by atoms with Gasteiger partial charge in [-0.15, -0.1) is 0 Å². The molecule has 42 heavy (non-hydrogen) atoms. The topological polar surface area (TPSA) is 110 Å². The predicted molar refractivity (Wildman–Crippen MR) is 194 cm³/mol. The number of nitro groups is 1. The minimum Gasteiger partial charge on any atom is -0.465 e. The molecule has 0 saturated heterocycles.